The molecule has 0 atom stereocenters. The van der Waals surface area contributed by atoms with Crippen LogP contribution in [-0.2, 0) is 22.7 Å². The molecule has 0 unspecified atom stereocenters. The lowest BCUT2D eigenvalue weighted by atomic mass is 10.2. The number of likely N-dealkylation sites (tertiary alicyclic amines) is 1. The van der Waals surface area contributed by atoms with Crippen molar-refractivity contribution in [1.29, 1.82) is 0 Å². The van der Waals surface area contributed by atoms with Gasteiger partial charge in [-0.25, -0.2) is 9.78 Å². The highest BCUT2D eigenvalue weighted by atomic mass is 35.5. The molecule has 1 saturated heterocycles. The number of nitrogens with one attached hydrogen (secondary N) is 2. The first-order chi connectivity index (χ1) is 12.5. The quantitative estimate of drug-likeness (QED) is 0.623. The monoisotopic (exact) mass is 372 g/mol. The third-order valence-corrected chi connectivity index (χ3v) is 4.17. The van der Waals surface area contributed by atoms with Crippen molar-refractivity contribution >= 4 is 35.1 Å². The van der Waals surface area contributed by atoms with Gasteiger partial charge in [0.25, 0.3) is 0 Å². The fourth-order valence-electron chi connectivity index (χ4n) is 2.54. The lowest BCUT2D eigenvalue weighted by Crippen LogP contribution is -2.29. The van der Waals surface area contributed by atoms with E-state index >= 15 is 0 Å². The van der Waals surface area contributed by atoms with Crippen molar-refractivity contribution in [3.05, 3.63) is 58.9 Å². The summed E-state index contributed by atoms with van der Waals surface area (Å²) in [5.74, 6) is -0.290. The topological polar surface area (TPSA) is 91.4 Å². The highest BCUT2D eigenvalue weighted by molar-refractivity contribution is 6.29. The van der Waals surface area contributed by atoms with E-state index in [1.165, 1.54) is 4.90 Å². The van der Waals surface area contributed by atoms with Crippen LogP contribution in [0.4, 0.5) is 10.5 Å². The first-order valence-electron chi connectivity index (χ1n) is 8.09. The Kier molecular flexibility index (Phi) is 5.48. The number of carbonyl (C=O) groups excluding carboxylic acids is 3. The molecule has 7 nitrogen and oxygen atoms in total. The van der Waals surface area contributed by atoms with Gasteiger partial charge in [0.15, 0.2) is 0 Å². The van der Waals surface area contributed by atoms with E-state index in [0.717, 1.165) is 11.1 Å². The number of hydrogen-bond donors (Lipinski definition) is 2. The molecule has 1 aromatic heterocycles. The Balaban J connectivity index is 1.50. The van der Waals surface area contributed by atoms with E-state index in [9.17, 15) is 14.4 Å². The number of halogens is 1. The maximum absolute atomic E-state index is 11.9. The summed E-state index contributed by atoms with van der Waals surface area (Å²) in [5.41, 5.74) is 2.27. The molecule has 1 aromatic carbocycles. The number of amides is 4. The molecule has 1 aliphatic heterocycles. The number of anilines is 1. The Morgan fingerprint density at radius 2 is 1.69 bits per heavy atom. The molecular weight excluding hydrogens is 356 g/mol. The van der Waals surface area contributed by atoms with E-state index in [2.05, 4.69) is 15.6 Å². The summed E-state index contributed by atoms with van der Waals surface area (Å²) in [5, 5.41) is 5.84. The van der Waals surface area contributed by atoms with Gasteiger partial charge in [-0.2, -0.15) is 0 Å². The lowest BCUT2D eigenvalue weighted by Gasteiger charge is -2.14. The van der Waals surface area contributed by atoms with Crippen molar-refractivity contribution in [3.63, 3.8) is 0 Å². The summed E-state index contributed by atoms with van der Waals surface area (Å²) in [4.78, 5) is 40.4. The normalized spacial score (nSPS) is 13.8. The summed E-state index contributed by atoms with van der Waals surface area (Å²) in [6, 6.07) is 10.1. The molecule has 3 rings (SSSR count). The van der Waals surface area contributed by atoms with Crippen LogP contribution >= 0.6 is 11.6 Å². The van der Waals surface area contributed by atoms with Gasteiger partial charge in [0.2, 0.25) is 11.8 Å². The number of hydrogen-bond acceptors (Lipinski definition) is 4. The Hall–Kier alpha value is -2.93. The molecule has 0 saturated carbocycles. The maximum Gasteiger partial charge on any atom is 0.319 e. The molecule has 2 N–H and O–H groups in total. The van der Waals surface area contributed by atoms with E-state index in [4.69, 9.17) is 11.6 Å². The molecule has 0 bridgehead atoms. The number of pyridine rings is 1. The second-order valence-corrected chi connectivity index (χ2v) is 6.25. The standard InChI is InChI=1S/C18H17ClN4O3/c19-15-6-3-13(9-20-15)10-21-18(26)22-14-4-1-12(2-5-14)11-23-16(24)7-8-17(23)25/h1-6,9H,7-8,10-11H2,(H2,21,22,26). The van der Waals surface area contributed by atoms with E-state index in [-0.39, 0.29) is 37.2 Å². The van der Waals surface area contributed by atoms with Gasteiger partial charge in [0, 0.05) is 31.3 Å². The van der Waals surface area contributed by atoms with Crippen LogP contribution in [0, 0.1) is 0 Å². The van der Waals surface area contributed by atoms with Crippen molar-refractivity contribution in [2.75, 3.05) is 5.32 Å². The van der Waals surface area contributed by atoms with Crippen LogP contribution in [0.3, 0.4) is 0 Å². The van der Waals surface area contributed by atoms with Crippen LogP contribution in [-0.4, -0.2) is 27.7 Å². The van der Waals surface area contributed by atoms with E-state index in [1.807, 2.05) is 0 Å². The van der Waals surface area contributed by atoms with Gasteiger partial charge in [-0.15, -0.1) is 0 Å². The predicted octanol–water partition coefficient (Wildman–Crippen LogP) is 2.71. The molecule has 1 fully saturated rings. The average molecular weight is 373 g/mol. The SMILES string of the molecule is O=C(NCc1ccc(Cl)nc1)Nc1ccc(CN2C(=O)CCC2=O)cc1. The molecule has 2 heterocycles. The third-order valence-electron chi connectivity index (χ3n) is 3.95. The molecule has 8 heteroatoms. The summed E-state index contributed by atoms with van der Waals surface area (Å²) >= 11 is 5.71. The highest BCUT2D eigenvalue weighted by Crippen LogP contribution is 2.17. The van der Waals surface area contributed by atoms with Crippen molar-refractivity contribution < 1.29 is 14.4 Å². The Morgan fingerprint density at radius 3 is 2.31 bits per heavy atom. The van der Waals surface area contributed by atoms with Crippen molar-refractivity contribution in [3.8, 4) is 0 Å². The fraction of sp³-hybridized carbons (Fsp3) is 0.222. The Bertz CT molecular complexity index is 805. The molecule has 26 heavy (non-hydrogen) atoms. The third kappa shape index (κ3) is 4.58. The lowest BCUT2D eigenvalue weighted by molar-refractivity contribution is -0.139. The summed E-state index contributed by atoms with van der Waals surface area (Å²) < 4.78 is 0. The largest absolute Gasteiger partial charge is 0.334 e. The van der Waals surface area contributed by atoms with Gasteiger partial charge in [0.05, 0.1) is 6.54 Å². The molecule has 0 radical (unpaired) electrons. The first-order valence-corrected chi connectivity index (χ1v) is 8.46. The minimum atomic E-state index is -0.349. The van der Waals surface area contributed by atoms with Crippen LogP contribution < -0.4 is 10.6 Å². The van der Waals surface area contributed by atoms with Gasteiger partial charge < -0.3 is 10.6 Å². The summed E-state index contributed by atoms with van der Waals surface area (Å²) in [6.45, 7) is 0.584. The van der Waals surface area contributed by atoms with Gasteiger partial charge in [-0.1, -0.05) is 29.8 Å². The zero-order valence-corrected chi connectivity index (χ0v) is 14.6. The van der Waals surface area contributed by atoms with Gasteiger partial charge in [0.1, 0.15) is 5.15 Å². The highest BCUT2D eigenvalue weighted by Gasteiger charge is 2.28. The molecule has 4 amide bonds. The van der Waals surface area contributed by atoms with Gasteiger partial charge in [-0.05, 0) is 29.3 Å². The van der Waals surface area contributed by atoms with Crippen LogP contribution in [0.25, 0.3) is 0 Å². The molecule has 1 aliphatic rings. The smallest absolute Gasteiger partial charge is 0.319 e. The minimum absolute atomic E-state index is 0.145. The Labute approximate surface area is 155 Å². The second kappa shape index (κ2) is 7.97. The first kappa shape index (κ1) is 17.9. The molecule has 134 valence electrons. The fourth-order valence-corrected chi connectivity index (χ4v) is 2.66. The van der Waals surface area contributed by atoms with Crippen molar-refractivity contribution in [1.82, 2.24) is 15.2 Å². The van der Waals surface area contributed by atoms with Crippen LogP contribution in [0.1, 0.15) is 24.0 Å². The minimum Gasteiger partial charge on any atom is -0.334 e. The van der Waals surface area contributed by atoms with Gasteiger partial charge in [-0.3, -0.25) is 14.5 Å². The number of aromatic nitrogens is 1. The van der Waals surface area contributed by atoms with E-state index < -0.39 is 0 Å². The van der Waals surface area contributed by atoms with Crippen LogP contribution in [0.2, 0.25) is 5.15 Å². The van der Waals surface area contributed by atoms with Crippen LogP contribution in [0.15, 0.2) is 42.6 Å². The van der Waals surface area contributed by atoms with Gasteiger partial charge >= 0.3 is 6.03 Å². The summed E-state index contributed by atoms with van der Waals surface area (Å²) in [6.07, 6.45) is 2.15. The second-order valence-electron chi connectivity index (χ2n) is 5.87. The maximum atomic E-state index is 11.9. The number of benzene rings is 1. The predicted molar refractivity (Wildman–Crippen MR) is 96.3 cm³/mol. The van der Waals surface area contributed by atoms with Crippen molar-refractivity contribution in [2.45, 2.75) is 25.9 Å². The number of carbonyl (C=O) groups is 3. The summed E-state index contributed by atoms with van der Waals surface area (Å²) in [7, 11) is 0. The number of urea groups is 1. The molecule has 0 aliphatic carbocycles. The molecule has 2 aromatic rings. The Morgan fingerprint density at radius 1 is 1.04 bits per heavy atom. The molecular formula is C18H17ClN4O3. The number of rotatable bonds is 5. The van der Waals surface area contributed by atoms with Crippen molar-refractivity contribution in [2.24, 2.45) is 0 Å². The van der Waals surface area contributed by atoms with E-state index in [1.54, 1.807) is 42.6 Å². The number of nitrogens with zero attached hydrogens (tertiary/aromatic N) is 2. The van der Waals surface area contributed by atoms with Crippen LogP contribution in [0.5, 0.6) is 0 Å². The molecule has 0 spiro atoms. The van der Waals surface area contributed by atoms with E-state index in [0.29, 0.717) is 17.4 Å². The number of imide groups is 1. The average Bonchev–Trinajstić information content (AvgIpc) is 2.95. The zero-order valence-electron chi connectivity index (χ0n) is 13.9. The zero-order chi connectivity index (χ0) is 18.5.